The fourth-order valence-corrected chi connectivity index (χ4v) is 3.30. The van der Waals surface area contributed by atoms with Gasteiger partial charge in [0.2, 0.25) is 0 Å². The standard InChI is InChI=1S/C19H20FN3O3S/c1-3-9-23-18(17-8-10-25-13(17)2)21-22-19(23)27-12-15(24)11-26-16-6-4-14(20)5-7-16/h3-8,10,15,24H,1,9,11-12H2,2H3. The highest BCUT2D eigenvalue weighted by Gasteiger charge is 2.18. The van der Waals surface area contributed by atoms with Gasteiger partial charge in [0.15, 0.2) is 11.0 Å². The van der Waals surface area contributed by atoms with Gasteiger partial charge in [0.05, 0.1) is 17.9 Å². The van der Waals surface area contributed by atoms with Crippen LogP contribution in [0, 0.1) is 12.7 Å². The number of aryl methyl sites for hydroxylation is 1. The van der Waals surface area contributed by atoms with Crippen LogP contribution in [0.1, 0.15) is 5.76 Å². The van der Waals surface area contributed by atoms with E-state index in [2.05, 4.69) is 16.8 Å². The molecule has 0 fully saturated rings. The first kappa shape index (κ1) is 19.2. The summed E-state index contributed by atoms with van der Waals surface area (Å²) in [5, 5.41) is 19.3. The van der Waals surface area contributed by atoms with Crippen molar-refractivity contribution in [3.63, 3.8) is 0 Å². The predicted molar refractivity (Wildman–Crippen MR) is 101 cm³/mol. The first-order valence-electron chi connectivity index (χ1n) is 8.36. The quantitative estimate of drug-likeness (QED) is 0.444. The molecule has 0 aliphatic rings. The summed E-state index contributed by atoms with van der Waals surface area (Å²) in [4.78, 5) is 0. The fourth-order valence-electron chi connectivity index (χ4n) is 2.45. The molecule has 0 bridgehead atoms. The van der Waals surface area contributed by atoms with Crippen molar-refractivity contribution in [2.75, 3.05) is 12.4 Å². The number of hydrogen-bond acceptors (Lipinski definition) is 6. The lowest BCUT2D eigenvalue weighted by molar-refractivity contribution is 0.126. The second kappa shape index (κ2) is 8.88. The van der Waals surface area contributed by atoms with Crippen LogP contribution in [0.25, 0.3) is 11.4 Å². The summed E-state index contributed by atoms with van der Waals surface area (Å²) in [5.41, 5.74) is 0.872. The van der Waals surface area contributed by atoms with Gasteiger partial charge >= 0.3 is 0 Å². The number of rotatable bonds is 9. The molecule has 2 aromatic heterocycles. The summed E-state index contributed by atoms with van der Waals surface area (Å²) in [6.07, 6.45) is 2.66. The summed E-state index contributed by atoms with van der Waals surface area (Å²) in [6.45, 7) is 6.29. The molecule has 0 saturated carbocycles. The number of benzene rings is 1. The van der Waals surface area contributed by atoms with Gasteiger partial charge in [-0.1, -0.05) is 17.8 Å². The third-order valence-corrected chi connectivity index (χ3v) is 4.90. The van der Waals surface area contributed by atoms with Crippen molar-refractivity contribution in [3.05, 3.63) is 60.8 Å². The van der Waals surface area contributed by atoms with Crippen LogP contribution in [0.4, 0.5) is 4.39 Å². The van der Waals surface area contributed by atoms with Crippen molar-refractivity contribution < 1.29 is 18.7 Å². The monoisotopic (exact) mass is 389 g/mol. The van der Waals surface area contributed by atoms with E-state index >= 15 is 0 Å². The number of allylic oxidation sites excluding steroid dienone is 1. The van der Waals surface area contributed by atoms with Crippen LogP contribution in [0.15, 0.2) is 58.8 Å². The molecule has 142 valence electrons. The van der Waals surface area contributed by atoms with Crippen molar-refractivity contribution in [2.45, 2.75) is 24.7 Å². The van der Waals surface area contributed by atoms with Crippen LogP contribution >= 0.6 is 11.8 Å². The molecule has 1 aromatic carbocycles. The van der Waals surface area contributed by atoms with Gasteiger partial charge in [-0.2, -0.15) is 0 Å². The summed E-state index contributed by atoms with van der Waals surface area (Å²) in [5.74, 6) is 2.01. The molecule has 0 saturated heterocycles. The van der Waals surface area contributed by atoms with Gasteiger partial charge in [0.25, 0.3) is 0 Å². The predicted octanol–water partition coefficient (Wildman–Crippen LogP) is 3.70. The normalized spacial score (nSPS) is 12.1. The molecule has 1 unspecified atom stereocenters. The van der Waals surface area contributed by atoms with Gasteiger partial charge in [-0.05, 0) is 37.3 Å². The number of halogens is 1. The largest absolute Gasteiger partial charge is 0.491 e. The van der Waals surface area contributed by atoms with Gasteiger partial charge in [-0.3, -0.25) is 4.57 Å². The van der Waals surface area contributed by atoms with E-state index in [4.69, 9.17) is 9.15 Å². The van der Waals surface area contributed by atoms with Crippen LogP contribution in [0.2, 0.25) is 0 Å². The third-order valence-electron chi connectivity index (χ3n) is 3.79. The van der Waals surface area contributed by atoms with Gasteiger partial charge in [-0.25, -0.2) is 4.39 Å². The van der Waals surface area contributed by atoms with Crippen LogP contribution in [0.3, 0.4) is 0 Å². The summed E-state index contributed by atoms with van der Waals surface area (Å²) >= 11 is 1.38. The number of nitrogens with zero attached hydrogens (tertiary/aromatic N) is 3. The minimum Gasteiger partial charge on any atom is -0.491 e. The number of thioether (sulfide) groups is 1. The van der Waals surface area contributed by atoms with E-state index in [1.807, 2.05) is 17.6 Å². The number of furan rings is 1. The van der Waals surface area contributed by atoms with Crippen molar-refractivity contribution in [3.8, 4) is 17.1 Å². The molecule has 3 rings (SSSR count). The summed E-state index contributed by atoms with van der Waals surface area (Å²) in [6, 6.07) is 7.52. The van der Waals surface area contributed by atoms with Gasteiger partial charge in [-0.15, -0.1) is 16.8 Å². The van der Waals surface area contributed by atoms with E-state index in [-0.39, 0.29) is 12.4 Å². The van der Waals surface area contributed by atoms with Crippen LogP contribution in [-0.2, 0) is 6.54 Å². The highest BCUT2D eigenvalue weighted by Crippen LogP contribution is 2.27. The Labute approximate surface area is 160 Å². The van der Waals surface area contributed by atoms with E-state index in [0.29, 0.717) is 29.0 Å². The molecule has 6 nitrogen and oxygen atoms in total. The zero-order valence-corrected chi connectivity index (χ0v) is 15.7. The molecule has 8 heteroatoms. The number of aliphatic hydroxyl groups excluding tert-OH is 1. The zero-order chi connectivity index (χ0) is 19.2. The molecule has 1 atom stereocenters. The Balaban J connectivity index is 1.61. The molecular weight excluding hydrogens is 369 g/mol. The van der Waals surface area contributed by atoms with Crippen molar-refractivity contribution in [1.29, 1.82) is 0 Å². The molecule has 1 N–H and O–H groups in total. The molecular formula is C19H20FN3O3S. The first-order chi connectivity index (χ1) is 13.1. The molecule has 27 heavy (non-hydrogen) atoms. The number of aliphatic hydroxyl groups is 1. The molecule has 0 radical (unpaired) electrons. The van der Waals surface area contributed by atoms with E-state index < -0.39 is 6.10 Å². The van der Waals surface area contributed by atoms with Crippen LogP contribution < -0.4 is 4.74 Å². The lowest BCUT2D eigenvalue weighted by atomic mass is 10.2. The second-order valence-electron chi connectivity index (χ2n) is 5.83. The summed E-state index contributed by atoms with van der Waals surface area (Å²) < 4.78 is 25.6. The van der Waals surface area contributed by atoms with Gasteiger partial charge < -0.3 is 14.3 Å². The Morgan fingerprint density at radius 1 is 1.33 bits per heavy atom. The van der Waals surface area contributed by atoms with Crippen LogP contribution in [0.5, 0.6) is 5.75 Å². The number of aromatic nitrogens is 3. The van der Waals surface area contributed by atoms with Crippen molar-refractivity contribution >= 4 is 11.8 Å². The number of ether oxygens (including phenoxy) is 1. The van der Waals surface area contributed by atoms with Crippen molar-refractivity contribution in [2.24, 2.45) is 0 Å². The lowest BCUT2D eigenvalue weighted by Crippen LogP contribution is -2.20. The SMILES string of the molecule is C=CCn1c(SCC(O)COc2ccc(F)cc2)nnc1-c1ccoc1C. The minimum absolute atomic E-state index is 0.0991. The maximum absolute atomic E-state index is 12.9. The fraction of sp³-hybridized carbons (Fsp3) is 0.263. The molecule has 0 aliphatic heterocycles. The van der Waals surface area contributed by atoms with Crippen molar-refractivity contribution in [1.82, 2.24) is 14.8 Å². The minimum atomic E-state index is -0.715. The maximum atomic E-state index is 12.9. The third kappa shape index (κ3) is 4.78. The highest BCUT2D eigenvalue weighted by atomic mass is 32.2. The second-order valence-corrected chi connectivity index (χ2v) is 6.81. The maximum Gasteiger partial charge on any atom is 0.191 e. The molecule has 2 heterocycles. The zero-order valence-electron chi connectivity index (χ0n) is 14.8. The number of hydrogen-bond donors (Lipinski definition) is 1. The topological polar surface area (TPSA) is 73.3 Å². The van der Waals surface area contributed by atoms with E-state index in [1.165, 1.54) is 36.0 Å². The average Bonchev–Trinajstić information content (AvgIpc) is 3.25. The van der Waals surface area contributed by atoms with E-state index in [9.17, 15) is 9.50 Å². The first-order valence-corrected chi connectivity index (χ1v) is 9.35. The molecule has 0 aliphatic carbocycles. The Hall–Kier alpha value is -2.58. The lowest BCUT2D eigenvalue weighted by Gasteiger charge is -2.12. The Morgan fingerprint density at radius 2 is 2.11 bits per heavy atom. The molecule has 3 aromatic rings. The smallest absolute Gasteiger partial charge is 0.191 e. The van der Waals surface area contributed by atoms with E-state index in [1.54, 1.807) is 12.3 Å². The van der Waals surface area contributed by atoms with Gasteiger partial charge in [0.1, 0.15) is 23.9 Å². The average molecular weight is 389 g/mol. The van der Waals surface area contributed by atoms with Gasteiger partial charge in [0, 0.05) is 12.3 Å². The Kier molecular flexibility index (Phi) is 6.31. The Morgan fingerprint density at radius 3 is 2.78 bits per heavy atom. The van der Waals surface area contributed by atoms with Crippen LogP contribution in [-0.4, -0.2) is 38.3 Å². The molecule has 0 amide bonds. The van der Waals surface area contributed by atoms with E-state index in [0.717, 1.165) is 11.3 Å². The highest BCUT2D eigenvalue weighted by molar-refractivity contribution is 7.99. The Bertz CT molecular complexity index is 892. The molecule has 0 spiro atoms. The summed E-state index contributed by atoms with van der Waals surface area (Å²) in [7, 11) is 0.